The van der Waals surface area contributed by atoms with Crippen LogP contribution in [0.3, 0.4) is 0 Å². The Labute approximate surface area is 204 Å². The number of benzene rings is 3. The zero-order valence-corrected chi connectivity index (χ0v) is 20.2. The average Bonchev–Trinajstić information content (AvgIpc) is 3.18. The van der Waals surface area contributed by atoms with Crippen molar-refractivity contribution >= 4 is 32.7 Å². The van der Waals surface area contributed by atoms with Crippen LogP contribution in [0.4, 0.5) is 0 Å². The van der Waals surface area contributed by atoms with Crippen LogP contribution in [0.25, 0.3) is 38.5 Å². The van der Waals surface area contributed by atoms with Crippen molar-refractivity contribution in [3.8, 4) is 11.6 Å². The quantitative estimate of drug-likeness (QED) is 0.303. The summed E-state index contributed by atoms with van der Waals surface area (Å²) >= 11 is 0. The van der Waals surface area contributed by atoms with Crippen LogP contribution < -0.4 is 0 Å². The SMILES string of the molecule is CC(C)(C)c1ccnc(-n2c3ccccc3c3ccc(Cc4ccc5cccc(O)c5n4)cc32)c1. The second kappa shape index (κ2) is 7.95. The van der Waals surface area contributed by atoms with E-state index >= 15 is 0 Å². The molecule has 0 atom stereocenters. The lowest BCUT2D eigenvalue weighted by Gasteiger charge is -2.20. The number of fused-ring (bicyclic) bond motifs is 4. The molecule has 0 bridgehead atoms. The highest BCUT2D eigenvalue weighted by molar-refractivity contribution is 6.09. The molecule has 3 aromatic heterocycles. The van der Waals surface area contributed by atoms with Crippen molar-refractivity contribution in [2.24, 2.45) is 0 Å². The maximum atomic E-state index is 10.3. The van der Waals surface area contributed by atoms with Gasteiger partial charge in [0, 0.05) is 34.5 Å². The molecule has 4 nitrogen and oxygen atoms in total. The molecule has 0 saturated heterocycles. The number of rotatable bonds is 3. The van der Waals surface area contributed by atoms with E-state index < -0.39 is 0 Å². The second-order valence-corrected chi connectivity index (χ2v) is 10.2. The number of para-hydroxylation sites is 2. The Bertz CT molecular complexity index is 1720. The highest BCUT2D eigenvalue weighted by Gasteiger charge is 2.18. The van der Waals surface area contributed by atoms with Crippen LogP contribution in [0.2, 0.25) is 0 Å². The molecule has 0 amide bonds. The summed E-state index contributed by atoms with van der Waals surface area (Å²) in [4.78, 5) is 9.52. The Balaban J connectivity index is 1.51. The van der Waals surface area contributed by atoms with Crippen molar-refractivity contribution in [3.05, 3.63) is 108 Å². The Morgan fingerprint density at radius 2 is 1.63 bits per heavy atom. The monoisotopic (exact) mass is 457 g/mol. The normalized spacial score (nSPS) is 12.1. The van der Waals surface area contributed by atoms with Gasteiger partial charge in [0.05, 0.1) is 11.0 Å². The van der Waals surface area contributed by atoms with E-state index in [1.165, 1.54) is 16.3 Å². The van der Waals surface area contributed by atoms with Crippen molar-refractivity contribution in [3.63, 3.8) is 0 Å². The molecule has 6 aromatic rings. The Hall–Kier alpha value is -4.18. The maximum Gasteiger partial charge on any atom is 0.141 e. The highest BCUT2D eigenvalue weighted by Crippen LogP contribution is 2.34. The third-order valence-electron chi connectivity index (χ3n) is 6.72. The summed E-state index contributed by atoms with van der Waals surface area (Å²) in [5, 5.41) is 13.6. The van der Waals surface area contributed by atoms with Crippen molar-refractivity contribution in [2.45, 2.75) is 32.6 Å². The van der Waals surface area contributed by atoms with E-state index in [4.69, 9.17) is 9.97 Å². The van der Waals surface area contributed by atoms with E-state index in [-0.39, 0.29) is 11.2 Å². The van der Waals surface area contributed by atoms with Gasteiger partial charge in [0.2, 0.25) is 0 Å². The molecule has 0 aliphatic rings. The Morgan fingerprint density at radius 3 is 2.49 bits per heavy atom. The van der Waals surface area contributed by atoms with Crippen molar-refractivity contribution in [1.82, 2.24) is 14.5 Å². The van der Waals surface area contributed by atoms with Gasteiger partial charge in [-0.05, 0) is 52.9 Å². The Kier molecular flexibility index (Phi) is 4.85. The number of hydrogen-bond donors (Lipinski definition) is 1. The van der Waals surface area contributed by atoms with Crippen LogP contribution in [0.15, 0.2) is 91.1 Å². The van der Waals surface area contributed by atoms with Gasteiger partial charge < -0.3 is 5.11 Å². The molecule has 6 rings (SSSR count). The lowest BCUT2D eigenvalue weighted by molar-refractivity contribution is 0.480. The first-order valence-electron chi connectivity index (χ1n) is 11.9. The zero-order chi connectivity index (χ0) is 24.2. The van der Waals surface area contributed by atoms with Crippen molar-refractivity contribution < 1.29 is 5.11 Å². The first-order chi connectivity index (χ1) is 16.9. The van der Waals surface area contributed by atoms with Crippen LogP contribution in [-0.2, 0) is 11.8 Å². The summed E-state index contributed by atoms with van der Waals surface area (Å²) in [6, 6.07) is 29.0. The summed E-state index contributed by atoms with van der Waals surface area (Å²) < 4.78 is 2.27. The van der Waals surface area contributed by atoms with Gasteiger partial charge in [-0.3, -0.25) is 4.57 Å². The van der Waals surface area contributed by atoms with E-state index in [9.17, 15) is 5.11 Å². The maximum absolute atomic E-state index is 10.3. The minimum absolute atomic E-state index is 0.0366. The van der Waals surface area contributed by atoms with Crippen molar-refractivity contribution in [1.29, 1.82) is 0 Å². The first-order valence-corrected chi connectivity index (χ1v) is 11.9. The third kappa shape index (κ3) is 3.71. The van der Waals surface area contributed by atoms with E-state index in [2.05, 4.69) is 79.9 Å². The molecule has 35 heavy (non-hydrogen) atoms. The molecule has 0 fully saturated rings. The summed E-state index contributed by atoms with van der Waals surface area (Å²) in [6.45, 7) is 6.68. The summed E-state index contributed by atoms with van der Waals surface area (Å²) in [6.07, 6.45) is 2.59. The molecule has 0 aliphatic carbocycles. The fraction of sp³-hybridized carbons (Fsp3) is 0.161. The molecule has 3 aromatic carbocycles. The van der Waals surface area contributed by atoms with E-state index in [0.717, 1.165) is 33.5 Å². The number of hydrogen-bond acceptors (Lipinski definition) is 3. The summed E-state index contributed by atoms with van der Waals surface area (Å²) in [7, 11) is 0. The molecular weight excluding hydrogens is 430 g/mol. The lowest BCUT2D eigenvalue weighted by Crippen LogP contribution is -2.12. The Morgan fingerprint density at radius 1 is 0.800 bits per heavy atom. The van der Waals surface area contributed by atoms with Crippen LogP contribution >= 0.6 is 0 Å². The van der Waals surface area contributed by atoms with Gasteiger partial charge in [0.15, 0.2) is 0 Å². The number of aromatic hydroxyl groups is 1. The summed E-state index contributed by atoms with van der Waals surface area (Å²) in [5.74, 6) is 1.14. The number of phenols is 1. The van der Waals surface area contributed by atoms with Gasteiger partial charge in [0.25, 0.3) is 0 Å². The number of nitrogens with zero attached hydrogens (tertiary/aromatic N) is 3. The number of pyridine rings is 2. The van der Waals surface area contributed by atoms with Crippen LogP contribution in [-0.4, -0.2) is 19.6 Å². The molecule has 0 unspecified atom stereocenters. The van der Waals surface area contributed by atoms with Crippen LogP contribution in [0.5, 0.6) is 5.75 Å². The van der Waals surface area contributed by atoms with E-state index in [1.54, 1.807) is 6.07 Å². The van der Waals surface area contributed by atoms with E-state index in [0.29, 0.717) is 11.9 Å². The molecular formula is C31H27N3O. The molecule has 0 spiro atoms. The number of phenolic OH excluding ortho intramolecular Hbond substituents is 1. The van der Waals surface area contributed by atoms with Gasteiger partial charge in [-0.1, -0.05) is 69.3 Å². The predicted octanol–water partition coefficient (Wildman–Crippen LogP) is 7.32. The minimum atomic E-state index is 0.0366. The molecule has 0 aliphatic heterocycles. The predicted molar refractivity (Wildman–Crippen MR) is 143 cm³/mol. The average molecular weight is 458 g/mol. The fourth-order valence-electron chi connectivity index (χ4n) is 4.86. The molecule has 3 heterocycles. The van der Waals surface area contributed by atoms with Gasteiger partial charge >= 0.3 is 0 Å². The largest absolute Gasteiger partial charge is 0.506 e. The zero-order valence-electron chi connectivity index (χ0n) is 20.2. The van der Waals surface area contributed by atoms with Gasteiger partial charge in [0.1, 0.15) is 17.1 Å². The lowest BCUT2D eigenvalue weighted by atomic mass is 9.88. The van der Waals surface area contributed by atoms with Crippen LogP contribution in [0, 0.1) is 0 Å². The second-order valence-electron chi connectivity index (χ2n) is 10.2. The minimum Gasteiger partial charge on any atom is -0.506 e. The topological polar surface area (TPSA) is 50.9 Å². The van der Waals surface area contributed by atoms with Gasteiger partial charge in [-0.25, -0.2) is 9.97 Å². The molecule has 0 saturated carbocycles. The fourth-order valence-corrected chi connectivity index (χ4v) is 4.86. The number of aromatic nitrogens is 3. The molecule has 172 valence electrons. The standard InChI is InChI=1S/C31H27N3O/c1-31(2,3)22-15-16-32-29(19-22)34-26-9-5-4-8-24(26)25-14-11-20(18-27(25)34)17-23-13-12-21-7-6-10-28(35)30(21)33-23/h4-16,18-19,35H,17H2,1-3H3. The van der Waals surface area contributed by atoms with Gasteiger partial charge in [-0.2, -0.15) is 0 Å². The smallest absolute Gasteiger partial charge is 0.141 e. The van der Waals surface area contributed by atoms with Crippen molar-refractivity contribution in [2.75, 3.05) is 0 Å². The molecule has 1 N–H and O–H groups in total. The van der Waals surface area contributed by atoms with Gasteiger partial charge in [-0.15, -0.1) is 0 Å². The molecule has 0 radical (unpaired) electrons. The van der Waals surface area contributed by atoms with E-state index in [1.807, 2.05) is 30.5 Å². The van der Waals surface area contributed by atoms with Crippen LogP contribution in [0.1, 0.15) is 37.6 Å². The first kappa shape index (κ1) is 21.4. The highest BCUT2D eigenvalue weighted by atomic mass is 16.3. The third-order valence-corrected chi connectivity index (χ3v) is 6.72. The molecule has 4 heteroatoms. The summed E-state index contributed by atoms with van der Waals surface area (Å²) in [5.41, 5.74) is 6.30.